The first-order valence-corrected chi connectivity index (χ1v) is 7.17. The minimum atomic E-state index is -0.662. The van der Waals surface area contributed by atoms with Gasteiger partial charge in [0.1, 0.15) is 11.6 Å². The van der Waals surface area contributed by atoms with Crippen molar-refractivity contribution < 1.29 is 13.6 Å². The van der Waals surface area contributed by atoms with Crippen LogP contribution in [0.2, 0.25) is 5.02 Å². The molecule has 22 heavy (non-hydrogen) atoms. The molecule has 0 unspecified atom stereocenters. The second-order valence-corrected chi connectivity index (χ2v) is 6.08. The summed E-state index contributed by atoms with van der Waals surface area (Å²) in [5.74, 6) is -1.55. The fourth-order valence-corrected chi connectivity index (χ4v) is 2.36. The van der Waals surface area contributed by atoms with Gasteiger partial charge in [-0.05, 0) is 29.8 Å². The lowest BCUT2D eigenvalue weighted by Gasteiger charge is -2.25. The first kappa shape index (κ1) is 16.4. The predicted octanol–water partition coefficient (Wildman–Crippen LogP) is 4.33. The first-order valence-electron chi connectivity index (χ1n) is 6.79. The molecule has 2 nitrogen and oxygen atoms in total. The summed E-state index contributed by atoms with van der Waals surface area (Å²) >= 11 is 5.87. The van der Waals surface area contributed by atoms with Crippen molar-refractivity contribution in [1.82, 2.24) is 5.32 Å². The molecule has 0 saturated heterocycles. The van der Waals surface area contributed by atoms with Gasteiger partial charge < -0.3 is 5.32 Å². The third-order valence-corrected chi connectivity index (χ3v) is 3.82. The van der Waals surface area contributed by atoms with Crippen LogP contribution in [0.15, 0.2) is 42.5 Å². The van der Waals surface area contributed by atoms with E-state index >= 15 is 0 Å². The monoisotopic (exact) mass is 323 g/mol. The van der Waals surface area contributed by atoms with E-state index in [1.54, 1.807) is 12.1 Å². The van der Waals surface area contributed by atoms with Crippen LogP contribution >= 0.6 is 11.6 Å². The Morgan fingerprint density at radius 1 is 1.14 bits per heavy atom. The van der Waals surface area contributed by atoms with Gasteiger partial charge in [0.2, 0.25) is 0 Å². The topological polar surface area (TPSA) is 29.1 Å². The summed E-state index contributed by atoms with van der Waals surface area (Å²) in [6.07, 6.45) is 0. The van der Waals surface area contributed by atoms with Crippen LogP contribution in [-0.2, 0) is 5.41 Å². The number of carbonyl (C=O) groups is 1. The number of hydrogen-bond donors (Lipinski definition) is 1. The van der Waals surface area contributed by atoms with E-state index in [1.165, 1.54) is 30.3 Å². The van der Waals surface area contributed by atoms with Gasteiger partial charge in [0.05, 0.1) is 10.6 Å². The predicted molar refractivity (Wildman–Crippen MR) is 83.2 cm³/mol. The van der Waals surface area contributed by atoms with Crippen LogP contribution in [0.1, 0.15) is 29.8 Å². The highest BCUT2D eigenvalue weighted by atomic mass is 35.5. The van der Waals surface area contributed by atoms with Gasteiger partial charge in [-0.2, -0.15) is 0 Å². The van der Waals surface area contributed by atoms with Crippen molar-refractivity contribution in [2.75, 3.05) is 6.54 Å². The average Bonchev–Trinajstić information content (AvgIpc) is 2.45. The summed E-state index contributed by atoms with van der Waals surface area (Å²) < 4.78 is 26.7. The molecule has 0 fully saturated rings. The van der Waals surface area contributed by atoms with Crippen LogP contribution in [0.4, 0.5) is 8.78 Å². The van der Waals surface area contributed by atoms with Crippen LogP contribution in [0.25, 0.3) is 0 Å². The molecule has 0 aromatic heterocycles. The van der Waals surface area contributed by atoms with E-state index in [0.717, 1.165) is 5.56 Å². The molecule has 0 radical (unpaired) electrons. The molecule has 116 valence electrons. The zero-order valence-corrected chi connectivity index (χ0v) is 13.0. The van der Waals surface area contributed by atoms with Crippen molar-refractivity contribution in [1.29, 1.82) is 0 Å². The Hall–Kier alpha value is -1.94. The van der Waals surface area contributed by atoms with Crippen molar-refractivity contribution in [3.8, 4) is 0 Å². The Morgan fingerprint density at radius 2 is 1.77 bits per heavy atom. The second-order valence-electron chi connectivity index (χ2n) is 5.67. The summed E-state index contributed by atoms with van der Waals surface area (Å²) in [6.45, 7) is 4.08. The number of amides is 1. The van der Waals surface area contributed by atoms with E-state index in [-0.39, 0.29) is 22.9 Å². The quantitative estimate of drug-likeness (QED) is 0.891. The van der Waals surface area contributed by atoms with Crippen LogP contribution in [0.5, 0.6) is 0 Å². The molecule has 0 aliphatic carbocycles. The minimum Gasteiger partial charge on any atom is -0.351 e. The molecule has 2 rings (SSSR count). The van der Waals surface area contributed by atoms with Gasteiger partial charge in [0.15, 0.2) is 0 Å². The maximum Gasteiger partial charge on any atom is 0.255 e. The maximum atomic E-state index is 13.7. The number of hydrogen-bond acceptors (Lipinski definition) is 1. The van der Waals surface area contributed by atoms with Crippen molar-refractivity contribution in [2.45, 2.75) is 19.3 Å². The van der Waals surface area contributed by atoms with Gasteiger partial charge in [-0.3, -0.25) is 4.79 Å². The molecule has 0 bridgehead atoms. The average molecular weight is 324 g/mol. The number of rotatable bonds is 4. The minimum absolute atomic E-state index is 0.0667. The lowest BCUT2D eigenvalue weighted by atomic mass is 9.84. The molecule has 0 aliphatic rings. The molecule has 0 heterocycles. The van der Waals surface area contributed by atoms with Crippen LogP contribution in [0, 0.1) is 11.6 Å². The molecule has 0 saturated carbocycles. The molecule has 1 amide bonds. The Labute approximate surface area is 133 Å². The molecule has 5 heteroatoms. The molecular formula is C17H16ClF2NO. The summed E-state index contributed by atoms with van der Waals surface area (Å²) in [5, 5.41) is 2.74. The molecule has 2 aromatic carbocycles. The SMILES string of the molecule is CC(C)(CNC(=O)c1c(F)cccc1Cl)c1ccc(F)cc1. The number of halogens is 3. The largest absolute Gasteiger partial charge is 0.351 e. The fourth-order valence-electron chi connectivity index (χ4n) is 2.11. The smallest absolute Gasteiger partial charge is 0.255 e. The van der Waals surface area contributed by atoms with Crippen LogP contribution < -0.4 is 5.32 Å². The third-order valence-electron chi connectivity index (χ3n) is 3.51. The van der Waals surface area contributed by atoms with Gasteiger partial charge in [-0.1, -0.05) is 43.6 Å². The normalized spacial score (nSPS) is 11.3. The fraction of sp³-hybridized carbons (Fsp3) is 0.235. The highest BCUT2D eigenvalue weighted by Crippen LogP contribution is 2.23. The van der Waals surface area contributed by atoms with Gasteiger partial charge in [-0.25, -0.2) is 8.78 Å². The van der Waals surface area contributed by atoms with Crippen molar-refractivity contribution in [3.63, 3.8) is 0 Å². The highest BCUT2D eigenvalue weighted by molar-refractivity contribution is 6.33. The Morgan fingerprint density at radius 3 is 2.36 bits per heavy atom. The molecule has 1 N–H and O–H groups in total. The van der Waals surface area contributed by atoms with Gasteiger partial charge in [0.25, 0.3) is 5.91 Å². The number of carbonyl (C=O) groups excluding carboxylic acids is 1. The second kappa shape index (κ2) is 6.44. The summed E-state index contributed by atoms with van der Waals surface area (Å²) in [4.78, 5) is 12.1. The van der Waals surface area contributed by atoms with Crippen molar-refractivity contribution in [3.05, 3.63) is 70.2 Å². The molecule has 0 aliphatic heterocycles. The Balaban J connectivity index is 2.11. The van der Waals surface area contributed by atoms with Crippen molar-refractivity contribution in [2.24, 2.45) is 0 Å². The summed E-state index contributed by atoms with van der Waals surface area (Å²) in [5.41, 5.74) is 0.272. The van der Waals surface area contributed by atoms with Gasteiger partial charge in [0, 0.05) is 12.0 Å². The lowest BCUT2D eigenvalue weighted by molar-refractivity contribution is 0.0942. The van der Waals surface area contributed by atoms with E-state index in [4.69, 9.17) is 11.6 Å². The number of benzene rings is 2. The van der Waals surface area contributed by atoms with Crippen LogP contribution in [-0.4, -0.2) is 12.5 Å². The Kier molecular flexibility index (Phi) is 4.81. The van der Waals surface area contributed by atoms with E-state index in [1.807, 2.05) is 13.8 Å². The number of nitrogens with one attached hydrogen (secondary N) is 1. The molecular weight excluding hydrogens is 308 g/mol. The zero-order valence-electron chi connectivity index (χ0n) is 12.3. The van der Waals surface area contributed by atoms with E-state index in [0.29, 0.717) is 0 Å². The third kappa shape index (κ3) is 3.63. The van der Waals surface area contributed by atoms with E-state index in [2.05, 4.69) is 5.32 Å². The first-order chi connectivity index (χ1) is 10.3. The molecule has 2 aromatic rings. The van der Waals surface area contributed by atoms with E-state index < -0.39 is 17.1 Å². The molecule has 0 atom stereocenters. The zero-order chi connectivity index (χ0) is 16.3. The van der Waals surface area contributed by atoms with Crippen LogP contribution in [0.3, 0.4) is 0 Å². The van der Waals surface area contributed by atoms with Gasteiger partial charge in [-0.15, -0.1) is 0 Å². The Bertz CT molecular complexity index is 663. The lowest BCUT2D eigenvalue weighted by Crippen LogP contribution is -2.37. The highest BCUT2D eigenvalue weighted by Gasteiger charge is 2.23. The van der Waals surface area contributed by atoms with Gasteiger partial charge >= 0.3 is 0 Å². The molecule has 0 spiro atoms. The van der Waals surface area contributed by atoms with Crippen molar-refractivity contribution >= 4 is 17.5 Å². The standard InChI is InChI=1S/C17H16ClF2NO/c1-17(2,11-6-8-12(19)9-7-11)10-21-16(22)15-13(18)4-3-5-14(15)20/h3-9H,10H2,1-2H3,(H,21,22). The summed E-state index contributed by atoms with van der Waals surface area (Å²) in [6, 6.07) is 10.2. The maximum absolute atomic E-state index is 13.7. The van der Waals surface area contributed by atoms with E-state index in [9.17, 15) is 13.6 Å². The summed E-state index contributed by atoms with van der Waals surface area (Å²) in [7, 11) is 0.